The first-order valence-electron chi connectivity index (χ1n) is 19.7. The molecule has 5 aromatic rings. The van der Waals surface area contributed by atoms with Gasteiger partial charge in [-0.25, -0.2) is 24.7 Å². The third-order valence-corrected chi connectivity index (χ3v) is 14.7. The Hall–Kier alpha value is -3.92. The van der Waals surface area contributed by atoms with E-state index in [1.54, 1.807) is 31.7 Å². The predicted octanol–water partition coefficient (Wildman–Crippen LogP) is 0.880. The number of imidazole rings is 2. The van der Waals surface area contributed by atoms with Gasteiger partial charge in [0.2, 0.25) is 5.95 Å². The molecule has 8 heterocycles. The Morgan fingerprint density at radius 3 is 1.97 bits per heavy atom. The maximum absolute atomic E-state index is 12.7. The molecule has 3 saturated heterocycles. The van der Waals surface area contributed by atoms with Crippen molar-refractivity contribution in [1.82, 2.24) is 48.6 Å². The summed E-state index contributed by atoms with van der Waals surface area (Å²) in [6.07, 6.45) is -2.03. The van der Waals surface area contributed by atoms with Crippen LogP contribution in [-0.4, -0.2) is 113 Å². The van der Waals surface area contributed by atoms with Crippen LogP contribution < -0.4 is 28.5 Å². The van der Waals surface area contributed by atoms with Crippen molar-refractivity contribution in [2.75, 3.05) is 30.4 Å². The van der Waals surface area contributed by atoms with E-state index in [1.165, 1.54) is 28.0 Å². The fourth-order valence-electron chi connectivity index (χ4n) is 8.19. The number of nitrogen functional groups attached to an aromatic ring is 3. The number of fused-ring (bicyclic) bond motifs is 2. The van der Waals surface area contributed by atoms with E-state index >= 15 is 0 Å². The number of H-pyrrole nitrogens is 1. The van der Waals surface area contributed by atoms with Crippen LogP contribution >= 0.6 is 13.4 Å². The van der Waals surface area contributed by atoms with E-state index < -0.39 is 111 Å². The van der Waals surface area contributed by atoms with Crippen molar-refractivity contribution in [2.24, 2.45) is 17.8 Å². The molecule has 0 amide bonds. The molecular weight excluding hydrogens is 909 g/mol. The second kappa shape index (κ2) is 17.5. The van der Waals surface area contributed by atoms with Crippen LogP contribution in [0.1, 0.15) is 58.4 Å². The third-order valence-electron chi connectivity index (χ3n) is 11.5. The summed E-state index contributed by atoms with van der Waals surface area (Å²) in [4.78, 5) is 75.8. The Labute approximate surface area is 367 Å². The van der Waals surface area contributed by atoms with Crippen LogP contribution in [0.2, 0.25) is 0 Å². The SMILES string of the molecule is CC[C@H]1O[C@@H](n2cnc3c(N)ncnc32)C(C)[C@H]1OP(O)(=S)OC[C@H]1O[C@@H](n2cnc3c(=O)[nH]c(N)nc32)C(C)[C@H]1OP(O)(=S)OC[C@H]1O[C@@H](n2cc(C)c(N)nc2=O)C(C)[C@H]1O. The molecule has 5 unspecified atom stereocenters. The number of aryl methyl sites for hydroxylation is 1. The van der Waals surface area contributed by atoms with E-state index in [0.29, 0.717) is 23.1 Å². The molecule has 0 aliphatic carbocycles. The Morgan fingerprint density at radius 1 is 0.762 bits per heavy atom. The van der Waals surface area contributed by atoms with E-state index in [9.17, 15) is 24.5 Å². The molecule has 10 N–H and O–H groups in total. The molecule has 25 nitrogen and oxygen atoms in total. The van der Waals surface area contributed by atoms with E-state index in [2.05, 4.69) is 34.9 Å². The minimum absolute atomic E-state index is 0.0156. The summed E-state index contributed by atoms with van der Waals surface area (Å²) in [5.41, 5.74) is 17.9. The van der Waals surface area contributed by atoms with Gasteiger partial charge in [-0.05, 0) is 37.0 Å². The van der Waals surface area contributed by atoms with Crippen molar-refractivity contribution in [3.05, 3.63) is 51.6 Å². The second-order valence-electron chi connectivity index (χ2n) is 15.7. The molecule has 0 bridgehead atoms. The number of aliphatic hydroxyl groups is 1. The molecule has 342 valence electrons. The Kier molecular flexibility index (Phi) is 12.7. The molecule has 63 heavy (non-hydrogen) atoms. The maximum Gasteiger partial charge on any atom is 0.351 e. The van der Waals surface area contributed by atoms with Gasteiger partial charge in [-0.3, -0.25) is 23.5 Å². The maximum atomic E-state index is 12.7. The zero-order valence-electron chi connectivity index (χ0n) is 34.3. The average molecular weight is 956 g/mol. The fraction of sp³-hybridized carbons (Fsp3) is 0.588. The summed E-state index contributed by atoms with van der Waals surface area (Å²) in [6.45, 7) is -0.330. The lowest BCUT2D eigenvalue weighted by Crippen LogP contribution is -2.33. The standard InChI is InChI=1S/C34H47N13O12P2S2/c1-6-17-23(15(4)31(55-17)46-11-40-20-26(36)38-10-39-27(20)46)58-61(52,63)54-9-19-24(16(5)32(57-19)47-12-41-21-28(47)43-33(37)44-29(21)49)59-60(51,62)53-8-18-22(48)14(3)30(56-18)45-7-13(2)25(35)42-34(45)50/h7,10-12,14-19,22-24,30-32,48H,6,8-9H2,1-5H3,(H,51,62)(H,52,63)(H2,35,42,50)(H2,36,38,39)(H3,37,43,44,49)/t14?,15?,16?,17-,18-,19-,22-,23-,24-,30-,31-,32-,60?,61?/m1/s1. The quantitative estimate of drug-likeness (QED) is 0.0760. The lowest BCUT2D eigenvalue weighted by molar-refractivity contribution is -0.0532. The number of aliphatic hydroxyl groups excluding tert-OH is 1. The first kappa shape index (κ1) is 45.6. The van der Waals surface area contributed by atoms with E-state index in [1.807, 2.05) is 13.8 Å². The molecule has 0 spiro atoms. The molecule has 0 aromatic carbocycles. The molecule has 3 aliphatic rings. The van der Waals surface area contributed by atoms with Crippen molar-refractivity contribution in [3.63, 3.8) is 0 Å². The highest BCUT2D eigenvalue weighted by Gasteiger charge is 2.50. The van der Waals surface area contributed by atoms with Crippen molar-refractivity contribution in [2.45, 2.75) is 96.3 Å². The van der Waals surface area contributed by atoms with Gasteiger partial charge < -0.3 is 64.4 Å². The normalized spacial score (nSPS) is 31.8. The molecule has 0 radical (unpaired) electrons. The highest BCUT2D eigenvalue weighted by molar-refractivity contribution is 8.07. The number of nitrogens with two attached hydrogens (primary N) is 3. The minimum atomic E-state index is -4.22. The lowest BCUT2D eigenvalue weighted by Gasteiger charge is -2.29. The molecular formula is C34H47N13O12P2S2. The van der Waals surface area contributed by atoms with Gasteiger partial charge >= 0.3 is 19.1 Å². The Balaban J connectivity index is 0.995. The number of ether oxygens (including phenoxy) is 3. The zero-order chi connectivity index (χ0) is 45.3. The number of hydrogen-bond acceptors (Lipinski definition) is 21. The average Bonchev–Trinajstić information content (AvgIpc) is 4.03. The Morgan fingerprint density at radius 2 is 1.32 bits per heavy atom. The molecule has 0 saturated carbocycles. The number of aromatic nitrogens is 10. The number of hydrogen-bond donors (Lipinski definition) is 7. The summed E-state index contributed by atoms with van der Waals surface area (Å²) < 4.78 is 47.3. The van der Waals surface area contributed by atoms with E-state index in [-0.39, 0.29) is 28.7 Å². The van der Waals surface area contributed by atoms with Crippen LogP contribution in [0, 0.1) is 24.7 Å². The zero-order valence-corrected chi connectivity index (χ0v) is 37.8. The van der Waals surface area contributed by atoms with Crippen LogP contribution in [0.3, 0.4) is 0 Å². The summed E-state index contributed by atoms with van der Waals surface area (Å²) in [6, 6.07) is 0. The molecule has 29 heteroatoms. The van der Waals surface area contributed by atoms with E-state index in [4.69, 9.17) is 73.1 Å². The van der Waals surface area contributed by atoms with Gasteiger partial charge in [0.25, 0.3) is 5.56 Å². The third kappa shape index (κ3) is 8.80. The fourth-order valence-corrected chi connectivity index (χ4v) is 11.2. The van der Waals surface area contributed by atoms with Crippen LogP contribution in [0.5, 0.6) is 0 Å². The largest absolute Gasteiger partial charge is 0.390 e. The topological polar surface area (TPSA) is 345 Å². The van der Waals surface area contributed by atoms with Crippen LogP contribution in [-0.2, 0) is 55.9 Å². The summed E-state index contributed by atoms with van der Waals surface area (Å²) in [7, 11) is 0. The second-order valence-corrected chi connectivity index (χ2v) is 21.3. The molecule has 3 aliphatic heterocycles. The van der Waals surface area contributed by atoms with Crippen molar-refractivity contribution < 1.29 is 47.2 Å². The van der Waals surface area contributed by atoms with Crippen molar-refractivity contribution in [3.8, 4) is 0 Å². The predicted molar refractivity (Wildman–Crippen MR) is 230 cm³/mol. The van der Waals surface area contributed by atoms with Gasteiger partial charge in [0.1, 0.15) is 60.8 Å². The van der Waals surface area contributed by atoms with Gasteiger partial charge in [-0.1, -0.05) is 27.7 Å². The molecule has 8 rings (SSSR count). The molecule has 5 aromatic heterocycles. The summed E-state index contributed by atoms with van der Waals surface area (Å²) in [5.74, 6) is -1.59. The first-order chi connectivity index (χ1) is 29.8. The molecule has 14 atom stereocenters. The van der Waals surface area contributed by atoms with Gasteiger partial charge in [0, 0.05) is 29.5 Å². The summed E-state index contributed by atoms with van der Waals surface area (Å²) in [5, 5.41) is 11.1. The number of rotatable bonds is 14. The van der Waals surface area contributed by atoms with Crippen LogP contribution in [0.15, 0.2) is 34.8 Å². The number of nitrogens with one attached hydrogen (secondary N) is 1. The van der Waals surface area contributed by atoms with Crippen LogP contribution in [0.25, 0.3) is 22.3 Å². The van der Waals surface area contributed by atoms with Crippen molar-refractivity contribution in [1.29, 1.82) is 0 Å². The lowest BCUT2D eigenvalue weighted by atomic mass is 10.0. The summed E-state index contributed by atoms with van der Waals surface area (Å²) >= 11 is 11.0. The van der Waals surface area contributed by atoms with Gasteiger partial charge in [0.15, 0.2) is 22.6 Å². The first-order valence-corrected chi connectivity index (χ1v) is 24.9. The highest BCUT2D eigenvalue weighted by Crippen LogP contribution is 2.54. The number of nitrogens with zero attached hydrogens (tertiary/aromatic N) is 9. The van der Waals surface area contributed by atoms with E-state index in [0.717, 1.165) is 0 Å². The van der Waals surface area contributed by atoms with Gasteiger partial charge in [-0.2, -0.15) is 9.97 Å². The van der Waals surface area contributed by atoms with Gasteiger partial charge in [0.05, 0.1) is 38.1 Å². The number of anilines is 3. The molecule has 3 fully saturated rings. The minimum Gasteiger partial charge on any atom is -0.390 e. The Bertz CT molecular complexity index is 2740. The number of aromatic amines is 1. The monoisotopic (exact) mass is 955 g/mol. The smallest absolute Gasteiger partial charge is 0.351 e. The van der Waals surface area contributed by atoms with Crippen molar-refractivity contribution >= 4 is 77.0 Å². The van der Waals surface area contributed by atoms with Gasteiger partial charge in [-0.15, -0.1) is 0 Å². The highest BCUT2D eigenvalue weighted by atomic mass is 32.5. The van der Waals surface area contributed by atoms with Crippen LogP contribution in [0.4, 0.5) is 17.6 Å².